The standard InChI is InChI=1S/C13H11ClN4O/c14-10-2-1-3-11-13(10)8(5-15-11)4-12(19)18-9-6-16-17-7-9/h1-3,5-7,15H,4H2,(H,16,17)(H,18,19). The Balaban J connectivity index is 1.83. The molecule has 0 radical (unpaired) electrons. The van der Waals surface area contributed by atoms with E-state index in [0.29, 0.717) is 10.7 Å². The van der Waals surface area contributed by atoms with Crippen LogP contribution in [-0.4, -0.2) is 21.1 Å². The summed E-state index contributed by atoms with van der Waals surface area (Å²) in [5, 5.41) is 10.7. The van der Waals surface area contributed by atoms with E-state index in [0.717, 1.165) is 16.5 Å². The lowest BCUT2D eigenvalue weighted by Crippen LogP contribution is -2.13. The molecule has 2 heterocycles. The van der Waals surface area contributed by atoms with Crippen molar-refractivity contribution >= 4 is 34.1 Å². The number of amides is 1. The molecule has 0 aliphatic heterocycles. The Hall–Kier alpha value is -2.27. The van der Waals surface area contributed by atoms with Gasteiger partial charge in [-0.25, -0.2) is 0 Å². The molecule has 5 nitrogen and oxygen atoms in total. The Bertz CT molecular complexity index is 717. The molecule has 0 atom stereocenters. The second-order valence-corrected chi connectivity index (χ2v) is 4.60. The van der Waals surface area contributed by atoms with Gasteiger partial charge in [0, 0.05) is 23.3 Å². The number of nitrogens with one attached hydrogen (secondary N) is 3. The summed E-state index contributed by atoms with van der Waals surface area (Å²) in [5.74, 6) is -0.109. The van der Waals surface area contributed by atoms with Gasteiger partial charge in [0.1, 0.15) is 0 Å². The topological polar surface area (TPSA) is 73.6 Å². The van der Waals surface area contributed by atoms with Crippen molar-refractivity contribution in [1.82, 2.24) is 15.2 Å². The zero-order chi connectivity index (χ0) is 13.2. The quantitative estimate of drug-likeness (QED) is 0.687. The van der Waals surface area contributed by atoms with Gasteiger partial charge < -0.3 is 10.3 Å². The summed E-state index contributed by atoms with van der Waals surface area (Å²) >= 11 is 6.16. The lowest BCUT2D eigenvalue weighted by atomic mass is 10.1. The third-order valence-corrected chi connectivity index (χ3v) is 3.18. The predicted octanol–water partition coefficient (Wildman–Crippen LogP) is 2.73. The van der Waals surface area contributed by atoms with E-state index in [2.05, 4.69) is 20.5 Å². The lowest BCUT2D eigenvalue weighted by Gasteiger charge is -2.02. The number of anilines is 1. The minimum absolute atomic E-state index is 0.109. The first kappa shape index (κ1) is 11.8. The molecule has 96 valence electrons. The largest absolute Gasteiger partial charge is 0.361 e. The summed E-state index contributed by atoms with van der Waals surface area (Å²) in [6, 6.07) is 5.62. The van der Waals surface area contributed by atoms with Crippen LogP contribution in [0.1, 0.15) is 5.56 Å². The predicted molar refractivity (Wildman–Crippen MR) is 74.2 cm³/mol. The summed E-state index contributed by atoms with van der Waals surface area (Å²) in [7, 11) is 0. The van der Waals surface area contributed by atoms with E-state index in [1.54, 1.807) is 12.4 Å². The van der Waals surface area contributed by atoms with E-state index in [4.69, 9.17) is 11.6 Å². The van der Waals surface area contributed by atoms with Crippen molar-refractivity contribution < 1.29 is 4.79 Å². The van der Waals surface area contributed by atoms with Gasteiger partial charge in [-0.3, -0.25) is 9.89 Å². The number of benzene rings is 1. The zero-order valence-electron chi connectivity index (χ0n) is 9.90. The monoisotopic (exact) mass is 274 g/mol. The molecule has 6 heteroatoms. The van der Waals surface area contributed by atoms with Crippen LogP contribution in [-0.2, 0) is 11.2 Å². The molecule has 2 aromatic heterocycles. The molecule has 0 fully saturated rings. The van der Waals surface area contributed by atoms with Gasteiger partial charge in [0.2, 0.25) is 5.91 Å². The molecule has 0 saturated carbocycles. The summed E-state index contributed by atoms with van der Waals surface area (Å²) in [4.78, 5) is 15.0. The Kier molecular flexibility index (Phi) is 2.97. The molecule has 3 N–H and O–H groups in total. The molecule has 3 aromatic rings. The Morgan fingerprint density at radius 2 is 2.26 bits per heavy atom. The fourth-order valence-corrected chi connectivity index (χ4v) is 2.34. The van der Waals surface area contributed by atoms with Crippen LogP contribution in [0.3, 0.4) is 0 Å². The number of hydrogen-bond acceptors (Lipinski definition) is 2. The lowest BCUT2D eigenvalue weighted by molar-refractivity contribution is -0.115. The van der Waals surface area contributed by atoms with Crippen LogP contribution in [0, 0.1) is 0 Å². The maximum atomic E-state index is 11.9. The number of carbonyl (C=O) groups is 1. The molecule has 0 spiro atoms. The second kappa shape index (κ2) is 4.78. The number of aromatic amines is 2. The summed E-state index contributed by atoms with van der Waals surface area (Å²) in [6.07, 6.45) is 5.25. The number of hydrogen-bond donors (Lipinski definition) is 3. The molecular formula is C13H11ClN4O. The first-order chi connectivity index (χ1) is 9.24. The molecule has 1 amide bonds. The van der Waals surface area contributed by atoms with Crippen LogP contribution in [0.4, 0.5) is 5.69 Å². The minimum atomic E-state index is -0.109. The highest BCUT2D eigenvalue weighted by molar-refractivity contribution is 6.35. The average molecular weight is 275 g/mol. The summed E-state index contributed by atoms with van der Waals surface area (Å²) in [5.41, 5.74) is 2.45. The number of carbonyl (C=O) groups excluding carboxylic acids is 1. The van der Waals surface area contributed by atoms with Crippen molar-refractivity contribution in [2.75, 3.05) is 5.32 Å². The van der Waals surface area contributed by atoms with Gasteiger partial charge >= 0.3 is 0 Å². The van der Waals surface area contributed by atoms with E-state index >= 15 is 0 Å². The Morgan fingerprint density at radius 1 is 1.37 bits per heavy atom. The minimum Gasteiger partial charge on any atom is -0.361 e. The van der Waals surface area contributed by atoms with Crippen molar-refractivity contribution in [1.29, 1.82) is 0 Å². The van der Waals surface area contributed by atoms with Gasteiger partial charge in [0.15, 0.2) is 0 Å². The van der Waals surface area contributed by atoms with Crippen LogP contribution in [0.5, 0.6) is 0 Å². The first-order valence-electron chi connectivity index (χ1n) is 5.77. The van der Waals surface area contributed by atoms with E-state index in [9.17, 15) is 4.79 Å². The van der Waals surface area contributed by atoms with E-state index in [-0.39, 0.29) is 12.3 Å². The number of nitrogens with zero attached hydrogens (tertiary/aromatic N) is 1. The van der Waals surface area contributed by atoms with Crippen LogP contribution in [0.25, 0.3) is 10.9 Å². The van der Waals surface area contributed by atoms with Crippen molar-refractivity contribution in [2.24, 2.45) is 0 Å². The molecular weight excluding hydrogens is 264 g/mol. The molecule has 0 aliphatic carbocycles. The van der Waals surface area contributed by atoms with Crippen LogP contribution < -0.4 is 5.32 Å². The van der Waals surface area contributed by atoms with Crippen molar-refractivity contribution in [3.05, 3.63) is 47.4 Å². The van der Waals surface area contributed by atoms with Crippen molar-refractivity contribution in [3.8, 4) is 0 Å². The van der Waals surface area contributed by atoms with Crippen LogP contribution >= 0.6 is 11.6 Å². The molecule has 19 heavy (non-hydrogen) atoms. The average Bonchev–Trinajstić information content (AvgIpc) is 3.00. The normalized spacial score (nSPS) is 10.8. The second-order valence-electron chi connectivity index (χ2n) is 4.19. The molecule has 0 unspecified atom stereocenters. The van der Waals surface area contributed by atoms with Gasteiger partial charge in [0.05, 0.1) is 23.3 Å². The molecule has 0 aliphatic rings. The fraction of sp³-hybridized carbons (Fsp3) is 0.0769. The van der Waals surface area contributed by atoms with Gasteiger partial charge in [-0.1, -0.05) is 17.7 Å². The van der Waals surface area contributed by atoms with Crippen molar-refractivity contribution in [2.45, 2.75) is 6.42 Å². The first-order valence-corrected chi connectivity index (χ1v) is 6.15. The molecule has 1 aromatic carbocycles. The smallest absolute Gasteiger partial charge is 0.228 e. The number of fused-ring (bicyclic) bond motifs is 1. The van der Waals surface area contributed by atoms with E-state index in [1.165, 1.54) is 0 Å². The highest BCUT2D eigenvalue weighted by Crippen LogP contribution is 2.26. The van der Waals surface area contributed by atoms with E-state index in [1.807, 2.05) is 24.4 Å². The number of aromatic nitrogens is 3. The highest BCUT2D eigenvalue weighted by Gasteiger charge is 2.11. The van der Waals surface area contributed by atoms with Crippen LogP contribution in [0.15, 0.2) is 36.8 Å². The number of rotatable bonds is 3. The highest BCUT2D eigenvalue weighted by atomic mass is 35.5. The van der Waals surface area contributed by atoms with Gasteiger partial charge in [-0.05, 0) is 17.7 Å². The zero-order valence-corrected chi connectivity index (χ0v) is 10.7. The number of H-pyrrole nitrogens is 2. The fourth-order valence-electron chi connectivity index (χ4n) is 2.04. The SMILES string of the molecule is O=C(Cc1c[nH]c2cccc(Cl)c12)Nc1cn[nH]c1. The third-order valence-electron chi connectivity index (χ3n) is 2.87. The molecule has 0 bridgehead atoms. The van der Waals surface area contributed by atoms with Gasteiger partial charge in [0.25, 0.3) is 0 Å². The Morgan fingerprint density at radius 3 is 3.05 bits per heavy atom. The third kappa shape index (κ3) is 2.32. The maximum absolute atomic E-state index is 11.9. The van der Waals surface area contributed by atoms with Gasteiger partial charge in [-0.2, -0.15) is 5.10 Å². The Labute approximate surface area is 114 Å². The molecule has 0 saturated heterocycles. The summed E-state index contributed by atoms with van der Waals surface area (Å²) < 4.78 is 0. The van der Waals surface area contributed by atoms with Gasteiger partial charge in [-0.15, -0.1) is 0 Å². The summed E-state index contributed by atoms with van der Waals surface area (Å²) in [6.45, 7) is 0. The van der Waals surface area contributed by atoms with E-state index < -0.39 is 0 Å². The van der Waals surface area contributed by atoms with Crippen molar-refractivity contribution in [3.63, 3.8) is 0 Å². The number of halogens is 1. The van der Waals surface area contributed by atoms with Crippen LogP contribution in [0.2, 0.25) is 5.02 Å². The maximum Gasteiger partial charge on any atom is 0.228 e. The molecule has 3 rings (SSSR count).